The monoisotopic (exact) mass is 349 g/mol. The lowest BCUT2D eigenvalue weighted by molar-refractivity contribution is 0.398. The molecule has 4 rings (SSSR count). The zero-order chi connectivity index (χ0) is 18.4. The first kappa shape index (κ1) is 16.2. The maximum Gasteiger partial charge on any atom is 0.296 e. The molecule has 4 aromatic rings. The van der Waals surface area contributed by atoms with E-state index in [4.69, 9.17) is 9.47 Å². The summed E-state index contributed by atoms with van der Waals surface area (Å²) in [4.78, 5) is 13.2. The van der Waals surface area contributed by atoms with Gasteiger partial charge in [-0.25, -0.2) is 0 Å². The van der Waals surface area contributed by atoms with Gasteiger partial charge in [0.1, 0.15) is 17.0 Å². The lowest BCUT2D eigenvalue weighted by atomic mass is 10.1. The van der Waals surface area contributed by atoms with Crippen molar-refractivity contribution in [1.82, 2.24) is 14.3 Å². The summed E-state index contributed by atoms with van der Waals surface area (Å²) in [6, 6.07) is 13.1. The number of hydrogen-bond donors (Lipinski definition) is 0. The predicted octanol–water partition coefficient (Wildman–Crippen LogP) is 3.20. The molecule has 0 unspecified atom stereocenters. The van der Waals surface area contributed by atoms with Crippen molar-refractivity contribution in [3.8, 4) is 17.2 Å². The Morgan fingerprint density at radius 3 is 2.38 bits per heavy atom. The van der Waals surface area contributed by atoms with Crippen LogP contribution in [0.3, 0.4) is 0 Å². The van der Waals surface area contributed by atoms with Crippen molar-refractivity contribution in [2.45, 2.75) is 6.92 Å². The molecule has 0 aliphatic heterocycles. The Bertz CT molecular complexity index is 1190. The molecule has 6 heteroatoms. The SMILES string of the molecule is COc1cc(OC)c2c3c(C)nn(-c4ccccc4)c(=O)c3n(C)c2c1. The number of hydrogen-bond acceptors (Lipinski definition) is 4. The molecule has 0 saturated carbocycles. The van der Waals surface area contributed by atoms with Crippen LogP contribution in [0.4, 0.5) is 0 Å². The largest absolute Gasteiger partial charge is 0.497 e. The topological polar surface area (TPSA) is 58.3 Å². The van der Waals surface area contributed by atoms with E-state index in [9.17, 15) is 4.79 Å². The van der Waals surface area contributed by atoms with Gasteiger partial charge in [0.15, 0.2) is 0 Å². The third kappa shape index (κ3) is 2.19. The van der Waals surface area contributed by atoms with E-state index < -0.39 is 0 Å². The van der Waals surface area contributed by atoms with Crippen LogP contribution in [0.1, 0.15) is 5.69 Å². The van der Waals surface area contributed by atoms with Gasteiger partial charge in [-0.2, -0.15) is 9.78 Å². The van der Waals surface area contributed by atoms with Crippen molar-refractivity contribution < 1.29 is 9.47 Å². The Morgan fingerprint density at radius 2 is 1.73 bits per heavy atom. The van der Waals surface area contributed by atoms with Crippen LogP contribution < -0.4 is 15.0 Å². The van der Waals surface area contributed by atoms with Crippen LogP contribution in [-0.4, -0.2) is 28.6 Å². The molecule has 0 aliphatic rings. The number of nitrogens with zero attached hydrogens (tertiary/aromatic N) is 3. The van der Waals surface area contributed by atoms with E-state index >= 15 is 0 Å². The van der Waals surface area contributed by atoms with E-state index in [0.717, 1.165) is 27.7 Å². The van der Waals surface area contributed by atoms with Gasteiger partial charge in [0.2, 0.25) is 0 Å². The minimum atomic E-state index is -0.170. The first-order valence-corrected chi connectivity index (χ1v) is 8.26. The molecule has 2 aromatic carbocycles. The van der Waals surface area contributed by atoms with E-state index in [2.05, 4.69) is 5.10 Å². The Labute approximate surface area is 150 Å². The molecule has 0 amide bonds. The number of rotatable bonds is 3. The van der Waals surface area contributed by atoms with E-state index in [1.165, 1.54) is 4.68 Å². The fourth-order valence-corrected chi connectivity index (χ4v) is 3.47. The molecule has 6 nitrogen and oxygen atoms in total. The van der Waals surface area contributed by atoms with E-state index in [-0.39, 0.29) is 5.56 Å². The summed E-state index contributed by atoms with van der Waals surface area (Å²) in [5.41, 5.74) is 2.78. The summed E-state index contributed by atoms with van der Waals surface area (Å²) in [6.45, 7) is 1.91. The smallest absolute Gasteiger partial charge is 0.296 e. The average Bonchev–Trinajstić information content (AvgIpc) is 2.98. The molecule has 0 spiro atoms. The summed E-state index contributed by atoms with van der Waals surface area (Å²) in [7, 11) is 5.10. The predicted molar refractivity (Wildman–Crippen MR) is 102 cm³/mol. The molecular weight excluding hydrogens is 330 g/mol. The molecule has 2 aromatic heterocycles. The number of methoxy groups -OCH3 is 2. The second-order valence-corrected chi connectivity index (χ2v) is 6.14. The van der Waals surface area contributed by atoms with Gasteiger partial charge in [0, 0.05) is 24.6 Å². The Balaban J connectivity index is 2.20. The summed E-state index contributed by atoms with van der Waals surface area (Å²) < 4.78 is 14.3. The molecule has 0 atom stereocenters. The highest BCUT2D eigenvalue weighted by molar-refractivity contribution is 6.12. The zero-order valence-electron chi connectivity index (χ0n) is 15.1. The van der Waals surface area contributed by atoms with Gasteiger partial charge in [-0.3, -0.25) is 4.79 Å². The molecule has 0 aliphatic carbocycles. The van der Waals surface area contributed by atoms with Crippen molar-refractivity contribution in [2.75, 3.05) is 14.2 Å². The number of para-hydroxylation sites is 1. The second-order valence-electron chi connectivity index (χ2n) is 6.14. The molecule has 0 fully saturated rings. The summed E-state index contributed by atoms with van der Waals surface area (Å²) in [5, 5.41) is 6.23. The highest BCUT2D eigenvalue weighted by Gasteiger charge is 2.21. The average molecular weight is 349 g/mol. The lowest BCUT2D eigenvalue weighted by Crippen LogP contribution is -2.23. The van der Waals surface area contributed by atoms with Crippen LogP contribution in [0.15, 0.2) is 47.3 Å². The highest BCUT2D eigenvalue weighted by Crippen LogP contribution is 2.38. The van der Waals surface area contributed by atoms with Crippen LogP contribution in [-0.2, 0) is 7.05 Å². The number of aryl methyl sites for hydroxylation is 2. The highest BCUT2D eigenvalue weighted by atomic mass is 16.5. The van der Waals surface area contributed by atoms with Gasteiger partial charge < -0.3 is 14.0 Å². The molecule has 26 heavy (non-hydrogen) atoms. The summed E-state index contributed by atoms with van der Waals surface area (Å²) >= 11 is 0. The molecule has 132 valence electrons. The molecule has 0 bridgehead atoms. The van der Waals surface area contributed by atoms with Crippen LogP contribution in [0, 0.1) is 6.92 Å². The van der Waals surface area contributed by atoms with Crippen LogP contribution in [0.2, 0.25) is 0 Å². The summed E-state index contributed by atoms with van der Waals surface area (Å²) in [5.74, 6) is 1.33. The van der Waals surface area contributed by atoms with Crippen LogP contribution >= 0.6 is 0 Å². The fourth-order valence-electron chi connectivity index (χ4n) is 3.47. The van der Waals surface area contributed by atoms with E-state index in [0.29, 0.717) is 17.0 Å². The number of ether oxygens (including phenoxy) is 2. The molecular formula is C20H19N3O3. The van der Waals surface area contributed by atoms with Crippen molar-refractivity contribution in [2.24, 2.45) is 7.05 Å². The van der Waals surface area contributed by atoms with Gasteiger partial charge >= 0.3 is 0 Å². The first-order chi connectivity index (χ1) is 12.6. The van der Waals surface area contributed by atoms with Gasteiger partial charge in [0.25, 0.3) is 5.56 Å². The Hall–Kier alpha value is -3.28. The maximum absolute atomic E-state index is 13.2. The summed E-state index contributed by atoms with van der Waals surface area (Å²) in [6.07, 6.45) is 0. The molecule has 0 saturated heterocycles. The van der Waals surface area contributed by atoms with Gasteiger partial charge in [-0.1, -0.05) is 18.2 Å². The standard InChI is InChI=1S/C20H19N3O3/c1-12-17-18-15(10-14(25-3)11-16(18)26-4)22(2)19(17)20(24)23(21-12)13-8-6-5-7-9-13/h5-11H,1-4H3. The molecule has 0 N–H and O–H groups in total. The van der Waals surface area contributed by atoms with Gasteiger partial charge in [-0.15, -0.1) is 0 Å². The van der Waals surface area contributed by atoms with Crippen molar-refractivity contribution in [3.63, 3.8) is 0 Å². The Morgan fingerprint density at radius 1 is 1.00 bits per heavy atom. The maximum atomic E-state index is 13.2. The van der Waals surface area contributed by atoms with Crippen molar-refractivity contribution in [1.29, 1.82) is 0 Å². The minimum Gasteiger partial charge on any atom is -0.497 e. The van der Waals surface area contributed by atoms with Crippen LogP contribution in [0.5, 0.6) is 11.5 Å². The number of aromatic nitrogens is 3. The third-order valence-electron chi connectivity index (χ3n) is 4.70. The van der Waals surface area contributed by atoms with Crippen molar-refractivity contribution in [3.05, 3.63) is 58.5 Å². The first-order valence-electron chi connectivity index (χ1n) is 8.26. The number of benzene rings is 2. The fraction of sp³-hybridized carbons (Fsp3) is 0.200. The van der Waals surface area contributed by atoms with Crippen LogP contribution in [0.25, 0.3) is 27.5 Å². The Kier molecular flexibility index (Phi) is 3.68. The molecule has 0 radical (unpaired) electrons. The lowest BCUT2D eigenvalue weighted by Gasteiger charge is -2.08. The normalized spacial score (nSPS) is 11.2. The second kappa shape index (κ2) is 5.91. The van der Waals surface area contributed by atoms with Gasteiger partial charge in [0.05, 0.1) is 36.5 Å². The van der Waals surface area contributed by atoms with E-state index in [1.54, 1.807) is 14.2 Å². The quantitative estimate of drug-likeness (QED) is 0.570. The molecule has 2 heterocycles. The zero-order valence-corrected chi connectivity index (χ0v) is 15.1. The van der Waals surface area contributed by atoms with Gasteiger partial charge in [-0.05, 0) is 19.1 Å². The number of fused-ring (bicyclic) bond motifs is 3. The minimum absolute atomic E-state index is 0.170. The van der Waals surface area contributed by atoms with Crippen molar-refractivity contribution >= 4 is 21.8 Å². The third-order valence-corrected chi connectivity index (χ3v) is 4.70. The van der Waals surface area contributed by atoms with E-state index in [1.807, 2.05) is 61.0 Å².